The lowest BCUT2D eigenvalue weighted by atomic mass is 10.2. The van der Waals surface area contributed by atoms with E-state index in [4.69, 9.17) is 22.1 Å². The minimum absolute atomic E-state index is 0.312. The molecule has 0 unspecified atom stereocenters. The van der Waals surface area contributed by atoms with E-state index in [0.29, 0.717) is 27.8 Å². The van der Waals surface area contributed by atoms with Crippen molar-refractivity contribution in [2.75, 3.05) is 18.2 Å². The monoisotopic (exact) mass is 277 g/mol. The molecule has 1 amide bonds. The lowest BCUT2D eigenvalue weighted by Gasteiger charge is -2.09. The van der Waals surface area contributed by atoms with Crippen LogP contribution in [-0.4, -0.2) is 18.0 Å². The van der Waals surface area contributed by atoms with Crippen molar-refractivity contribution >= 4 is 28.9 Å². The summed E-state index contributed by atoms with van der Waals surface area (Å²) in [4.78, 5) is 16.0. The number of nitrogens with one attached hydrogen (secondary N) is 1. The fraction of sp³-hybridized carbons (Fsp3) is 0.0769. The zero-order valence-corrected chi connectivity index (χ0v) is 10.9. The average molecular weight is 278 g/mol. The van der Waals surface area contributed by atoms with E-state index in [1.54, 1.807) is 30.5 Å². The highest BCUT2D eigenvalue weighted by Crippen LogP contribution is 2.23. The minimum Gasteiger partial charge on any atom is -0.480 e. The highest BCUT2D eigenvalue weighted by molar-refractivity contribution is 6.33. The Labute approximate surface area is 115 Å². The van der Waals surface area contributed by atoms with E-state index < -0.39 is 0 Å². The van der Waals surface area contributed by atoms with E-state index in [2.05, 4.69) is 10.3 Å². The third-order valence-corrected chi connectivity index (χ3v) is 2.80. The Bertz CT molecular complexity index is 617. The van der Waals surface area contributed by atoms with Crippen LogP contribution in [0.5, 0.6) is 5.88 Å². The van der Waals surface area contributed by atoms with Crippen LogP contribution in [-0.2, 0) is 0 Å². The number of halogens is 1. The number of methoxy groups -OCH3 is 1. The molecule has 1 aromatic heterocycles. The number of rotatable bonds is 3. The first-order chi connectivity index (χ1) is 9.11. The molecular weight excluding hydrogens is 266 g/mol. The summed E-state index contributed by atoms with van der Waals surface area (Å²) in [5, 5.41) is 3.04. The summed E-state index contributed by atoms with van der Waals surface area (Å²) < 4.78 is 5.05. The van der Waals surface area contributed by atoms with Crippen LogP contribution < -0.4 is 15.8 Å². The summed E-state index contributed by atoms with van der Waals surface area (Å²) in [5.41, 5.74) is 6.92. The summed E-state index contributed by atoms with van der Waals surface area (Å²) in [7, 11) is 1.48. The summed E-state index contributed by atoms with van der Waals surface area (Å²) in [6.07, 6.45) is 1.58. The summed E-state index contributed by atoms with van der Waals surface area (Å²) in [5.74, 6) is 0.0330. The third-order valence-electron chi connectivity index (χ3n) is 2.48. The molecule has 2 aromatic rings. The average Bonchev–Trinajstić information content (AvgIpc) is 2.42. The number of ether oxygens (including phenoxy) is 1. The number of pyridine rings is 1. The molecular formula is C13H12ClN3O2. The smallest absolute Gasteiger partial charge is 0.255 e. The Kier molecular flexibility index (Phi) is 3.87. The van der Waals surface area contributed by atoms with Gasteiger partial charge in [0.25, 0.3) is 5.91 Å². The van der Waals surface area contributed by atoms with E-state index in [0.717, 1.165) is 0 Å². The summed E-state index contributed by atoms with van der Waals surface area (Å²) in [6.45, 7) is 0. The lowest BCUT2D eigenvalue weighted by Crippen LogP contribution is -2.13. The molecule has 1 aromatic carbocycles. The molecule has 0 bridgehead atoms. The van der Waals surface area contributed by atoms with E-state index >= 15 is 0 Å². The molecule has 0 fully saturated rings. The van der Waals surface area contributed by atoms with Crippen molar-refractivity contribution in [2.45, 2.75) is 0 Å². The van der Waals surface area contributed by atoms with Gasteiger partial charge in [-0.3, -0.25) is 4.79 Å². The van der Waals surface area contributed by atoms with Crippen LogP contribution in [0.3, 0.4) is 0 Å². The lowest BCUT2D eigenvalue weighted by molar-refractivity contribution is 0.102. The maximum atomic E-state index is 12.1. The van der Waals surface area contributed by atoms with Crippen molar-refractivity contribution in [3.8, 4) is 5.88 Å². The van der Waals surface area contributed by atoms with Gasteiger partial charge < -0.3 is 15.8 Å². The number of nitrogens with zero attached hydrogens (tertiary/aromatic N) is 1. The van der Waals surface area contributed by atoms with Crippen LogP contribution in [0, 0.1) is 0 Å². The molecule has 0 atom stereocenters. The van der Waals surface area contributed by atoms with Crippen molar-refractivity contribution in [3.63, 3.8) is 0 Å². The normalized spacial score (nSPS) is 10.0. The van der Waals surface area contributed by atoms with E-state index in [1.807, 2.05) is 0 Å². The number of benzene rings is 1. The molecule has 0 aliphatic heterocycles. The van der Waals surface area contributed by atoms with Gasteiger partial charge in [-0.05, 0) is 30.3 Å². The van der Waals surface area contributed by atoms with Crippen LogP contribution in [0.25, 0.3) is 0 Å². The fourth-order valence-corrected chi connectivity index (χ4v) is 1.69. The molecule has 0 saturated heterocycles. The number of aromatic nitrogens is 1. The highest BCUT2D eigenvalue weighted by Gasteiger charge is 2.11. The van der Waals surface area contributed by atoms with Crippen molar-refractivity contribution in [2.24, 2.45) is 0 Å². The van der Waals surface area contributed by atoms with Crippen LogP contribution in [0.15, 0.2) is 36.5 Å². The molecule has 0 spiro atoms. The quantitative estimate of drug-likeness (QED) is 0.846. The predicted molar refractivity (Wildman–Crippen MR) is 74.6 cm³/mol. The zero-order valence-electron chi connectivity index (χ0n) is 10.2. The molecule has 98 valence electrons. The molecule has 0 aliphatic carbocycles. The maximum Gasteiger partial charge on any atom is 0.255 e. The van der Waals surface area contributed by atoms with Gasteiger partial charge in [0, 0.05) is 11.8 Å². The second-order valence-corrected chi connectivity index (χ2v) is 4.16. The summed E-state index contributed by atoms with van der Waals surface area (Å²) >= 11 is 5.88. The topological polar surface area (TPSA) is 77.2 Å². The van der Waals surface area contributed by atoms with Gasteiger partial charge in [-0.25, -0.2) is 4.98 Å². The van der Waals surface area contributed by atoms with Gasteiger partial charge in [0.2, 0.25) is 5.88 Å². The number of anilines is 2. The second kappa shape index (κ2) is 5.58. The van der Waals surface area contributed by atoms with Crippen LogP contribution in [0.1, 0.15) is 10.4 Å². The first-order valence-electron chi connectivity index (χ1n) is 5.47. The number of carbonyl (C=O) groups excluding carboxylic acids is 1. The van der Waals surface area contributed by atoms with Gasteiger partial charge in [0.1, 0.15) is 5.69 Å². The van der Waals surface area contributed by atoms with Gasteiger partial charge in [-0.2, -0.15) is 0 Å². The van der Waals surface area contributed by atoms with Gasteiger partial charge in [-0.15, -0.1) is 0 Å². The largest absolute Gasteiger partial charge is 0.480 e. The Morgan fingerprint density at radius 2 is 2.21 bits per heavy atom. The molecule has 0 aliphatic rings. The fourth-order valence-electron chi connectivity index (χ4n) is 1.51. The van der Waals surface area contributed by atoms with E-state index in [1.165, 1.54) is 13.2 Å². The van der Waals surface area contributed by atoms with E-state index in [9.17, 15) is 4.79 Å². The third kappa shape index (κ3) is 2.95. The minimum atomic E-state index is -0.312. The standard InChI is InChI=1S/C13H12ClN3O2/c1-19-13-11(3-2-6-16-13)17-12(18)8-4-5-10(15)9(14)7-8/h2-7H,15H2,1H3,(H,17,18). The van der Waals surface area contributed by atoms with Crippen molar-refractivity contribution < 1.29 is 9.53 Å². The number of nitrogens with two attached hydrogens (primary N) is 1. The molecule has 5 nitrogen and oxygen atoms in total. The first-order valence-corrected chi connectivity index (χ1v) is 5.85. The number of hydrogen-bond acceptors (Lipinski definition) is 4. The van der Waals surface area contributed by atoms with Crippen LogP contribution in [0.2, 0.25) is 5.02 Å². The van der Waals surface area contributed by atoms with Gasteiger partial charge >= 0.3 is 0 Å². The Morgan fingerprint density at radius 1 is 1.42 bits per heavy atom. The Balaban J connectivity index is 2.23. The predicted octanol–water partition coefficient (Wildman–Crippen LogP) is 2.58. The van der Waals surface area contributed by atoms with Gasteiger partial charge in [0.05, 0.1) is 17.8 Å². The number of amides is 1. The number of carbonyl (C=O) groups is 1. The van der Waals surface area contributed by atoms with Gasteiger partial charge in [0.15, 0.2) is 0 Å². The molecule has 2 rings (SSSR count). The summed E-state index contributed by atoms with van der Waals surface area (Å²) in [6, 6.07) is 8.09. The van der Waals surface area contributed by atoms with Crippen molar-refractivity contribution in [1.82, 2.24) is 4.98 Å². The Hall–Kier alpha value is -2.27. The molecule has 1 heterocycles. The zero-order chi connectivity index (χ0) is 13.8. The maximum absolute atomic E-state index is 12.1. The number of hydrogen-bond donors (Lipinski definition) is 2. The number of nitrogen functional groups attached to an aromatic ring is 1. The second-order valence-electron chi connectivity index (χ2n) is 3.75. The van der Waals surface area contributed by atoms with Crippen molar-refractivity contribution in [3.05, 3.63) is 47.1 Å². The Morgan fingerprint density at radius 3 is 2.89 bits per heavy atom. The van der Waals surface area contributed by atoms with E-state index in [-0.39, 0.29) is 5.91 Å². The van der Waals surface area contributed by atoms with Crippen LogP contribution >= 0.6 is 11.6 Å². The van der Waals surface area contributed by atoms with Crippen LogP contribution in [0.4, 0.5) is 11.4 Å². The molecule has 6 heteroatoms. The van der Waals surface area contributed by atoms with Gasteiger partial charge in [-0.1, -0.05) is 11.6 Å². The highest BCUT2D eigenvalue weighted by atomic mass is 35.5. The molecule has 3 N–H and O–H groups in total. The molecule has 0 saturated carbocycles. The van der Waals surface area contributed by atoms with Crippen molar-refractivity contribution in [1.29, 1.82) is 0 Å². The first kappa shape index (κ1) is 13.2. The molecule has 19 heavy (non-hydrogen) atoms. The SMILES string of the molecule is COc1ncccc1NC(=O)c1ccc(N)c(Cl)c1. The molecule has 0 radical (unpaired) electrons.